The van der Waals surface area contributed by atoms with Gasteiger partial charge >= 0.3 is 0 Å². The van der Waals surface area contributed by atoms with Crippen LogP contribution in [0.4, 0.5) is 0 Å². The van der Waals surface area contributed by atoms with E-state index in [9.17, 15) is 0 Å². The highest BCUT2D eigenvalue weighted by Gasteiger charge is 2.45. The third-order valence-corrected chi connectivity index (χ3v) is 9.36. The molecule has 0 aromatic heterocycles. The molecule has 0 aliphatic carbocycles. The average Bonchev–Trinajstić information content (AvgIpc) is 2.39. The van der Waals surface area contributed by atoms with Gasteiger partial charge in [0.05, 0.1) is 0 Å². The summed E-state index contributed by atoms with van der Waals surface area (Å²) in [6, 6.07) is 0. The second kappa shape index (κ2) is 9.98. The Balaban J connectivity index is 4.87. The van der Waals surface area contributed by atoms with Crippen molar-refractivity contribution in [2.24, 2.45) is 0 Å². The minimum Gasteiger partial charge on any atom is -0.420 e. The van der Waals surface area contributed by atoms with Crippen LogP contribution in [0, 0.1) is 0 Å². The normalized spacial score (nSPS) is 12.9. The maximum Gasteiger partial charge on any atom is 0.192 e. The molecule has 0 unspecified atom stereocenters. The van der Waals surface area contributed by atoms with E-state index in [4.69, 9.17) is 4.43 Å². The van der Waals surface area contributed by atoms with E-state index in [0.717, 1.165) is 0 Å². The summed E-state index contributed by atoms with van der Waals surface area (Å²) >= 11 is 0. The van der Waals surface area contributed by atoms with Gasteiger partial charge < -0.3 is 4.43 Å². The standard InChI is InChI=1S/C17H38OSi/c1-7-10-12-15-17(14-9-3,16-13-11-8-2)19(5,6)18-4/h7-16H2,1-6H3. The van der Waals surface area contributed by atoms with E-state index in [1.54, 1.807) is 0 Å². The molecule has 0 amide bonds. The molecule has 1 nitrogen and oxygen atoms in total. The molecular weight excluding hydrogens is 248 g/mol. The van der Waals surface area contributed by atoms with Crippen LogP contribution in [0.5, 0.6) is 0 Å². The second-order valence-corrected chi connectivity index (χ2v) is 11.1. The highest BCUT2D eigenvalue weighted by molar-refractivity contribution is 6.74. The van der Waals surface area contributed by atoms with E-state index in [2.05, 4.69) is 33.9 Å². The monoisotopic (exact) mass is 286 g/mol. The van der Waals surface area contributed by atoms with Gasteiger partial charge in [0.1, 0.15) is 0 Å². The first-order valence-corrected chi connectivity index (χ1v) is 11.5. The Morgan fingerprint density at radius 2 is 1.21 bits per heavy atom. The highest BCUT2D eigenvalue weighted by atomic mass is 28.4. The third kappa shape index (κ3) is 5.99. The van der Waals surface area contributed by atoms with Crippen LogP contribution in [0.15, 0.2) is 0 Å². The largest absolute Gasteiger partial charge is 0.420 e. The smallest absolute Gasteiger partial charge is 0.192 e. The Bertz CT molecular complexity index is 203. The lowest BCUT2D eigenvalue weighted by Gasteiger charge is -2.45. The summed E-state index contributed by atoms with van der Waals surface area (Å²) in [6.45, 7) is 11.8. The highest BCUT2D eigenvalue weighted by Crippen LogP contribution is 2.51. The van der Waals surface area contributed by atoms with Gasteiger partial charge in [0.2, 0.25) is 0 Å². The lowest BCUT2D eigenvalue weighted by atomic mass is 9.89. The minimum atomic E-state index is -1.58. The Labute approximate surface area is 123 Å². The van der Waals surface area contributed by atoms with Crippen LogP contribution >= 0.6 is 0 Å². The molecule has 2 heteroatoms. The van der Waals surface area contributed by atoms with Gasteiger partial charge in [0.25, 0.3) is 0 Å². The fraction of sp³-hybridized carbons (Fsp3) is 1.00. The van der Waals surface area contributed by atoms with Gasteiger partial charge in [-0.15, -0.1) is 0 Å². The second-order valence-electron chi connectivity index (χ2n) is 6.66. The van der Waals surface area contributed by atoms with Gasteiger partial charge in [-0.1, -0.05) is 65.7 Å². The first kappa shape index (κ1) is 19.2. The van der Waals surface area contributed by atoms with Crippen molar-refractivity contribution >= 4 is 8.32 Å². The number of unbranched alkanes of at least 4 members (excludes halogenated alkanes) is 4. The first-order valence-electron chi connectivity index (χ1n) is 8.54. The molecule has 0 heterocycles. The molecule has 0 aromatic carbocycles. The van der Waals surface area contributed by atoms with Crippen molar-refractivity contribution in [3.8, 4) is 0 Å². The fourth-order valence-electron chi connectivity index (χ4n) is 3.40. The number of hydrogen-bond donors (Lipinski definition) is 0. The van der Waals surface area contributed by atoms with Crippen molar-refractivity contribution in [3.05, 3.63) is 0 Å². The van der Waals surface area contributed by atoms with Gasteiger partial charge in [-0.2, -0.15) is 0 Å². The van der Waals surface area contributed by atoms with Gasteiger partial charge in [0, 0.05) is 7.11 Å². The summed E-state index contributed by atoms with van der Waals surface area (Å²) in [5, 5.41) is 0.515. The molecule has 0 bridgehead atoms. The molecule has 0 fully saturated rings. The summed E-state index contributed by atoms with van der Waals surface area (Å²) in [6.07, 6.45) is 13.7. The zero-order valence-corrected chi connectivity index (χ0v) is 15.5. The first-order chi connectivity index (χ1) is 8.99. The summed E-state index contributed by atoms with van der Waals surface area (Å²) in [4.78, 5) is 0. The van der Waals surface area contributed by atoms with Crippen molar-refractivity contribution in [2.45, 2.75) is 103 Å². The zero-order valence-electron chi connectivity index (χ0n) is 14.5. The zero-order chi connectivity index (χ0) is 14.8. The molecule has 0 aromatic rings. The molecule has 116 valence electrons. The Kier molecular flexibility index (Phi) is 10.1. The molecule has 0 rings (SSSR count). The quantitative estimate of drug-likeness (QED) is 0.292. The fourth-order valence-corrected chi connectivity index (χ4v) is 6.24. The molecule has 0 saturated carbocycles. The van der Waals surface area contributed by atoms with E-state index in [1.807, 2.05) is 7.11 Å². The Morgan fingerprint density at radius 1 is 0.737 bits per heavy atom. The van der Waals surface area contributed by atoms with E-state index in [1.165, 1.54) is 64.2 Å². The van der Waals surface area contributed by atoms with Crippen molar-refractivity contribution in [3.63, 3.8) is 0 Å². The maximum absolute atomic E-state index is 6.06. The average molecular weight is 287 g/mol. The predicted molar refractivity (Wildman–Crippen MR) is 90.4 cm³/mol. The van der Waals surface area contributed by atoms with Crippen LogP contribution < -0.4 is 0 Å². The Hall–Kier alpha value is 0.177. The third-order valence-electron chi connectivity index (χ3n) is 5.03. The predicted octanol–water partition coefficient (Wildman–Crippen LogP) is 6.54. The lowest BCUT2D eigenvalue weighted by Crippen LogP contribution is -2.45. The summed E-state index contributed by atoms with van der Waals surface area (Å²) in [5.41, 5.74) is 0. The lowest BCUT2D eigenvalue weighted by molar-refractivity contribution is 0.301. The molecule has 0 saturated heterocycles. The molecule has 0 N–H and O–H groups in total. The van der Waals surface area contributed by atoms with Crippen molar-refractivity contribution in [1.82, 2.24) is 0 Å². The Morgan fingerprint density at radius 3 is 1.53 bits per heavy atom. The molecule has 0 aliphatic heterocycles. The van der Waals surface area contributed by atoms with E-state index in [-0.39, 0.29) is 0 Å². The van der Waals surface area contributed by atoms with Gasteiger partial charge in [-0.3, -0.25) is 0 Å². The van der Waals surface area contributed by atoms with Crippen LogP contribution in [0.3, 0.4) is 0 Å². The van der Waals surface area contributed by atoms with Gasteiger partial charge in [-0.25, -0.2) is 0 Å². The molecule has 19 heavy (non-hydrogen) atoms. The minimum absolute atomic E-state index is 0.515. The van der Waals surface area contributed by atoms with Gasteiger partial charge in [0.15, 0.2) is 8.32 Å². The molecule has 0 radical (unpaired) electrons. The van der Waals surface area contributed by atoms with Crippen LogP contribution in [0.2, 0.25) is 18.1 Å². The number of rotatable bonds is 12. The molecule has 0 spiro atoms. The topological polar surface area (TPSA) is 9.23 Å². The molecular formula is C17H38OSi. The van der Waals surface area contributed by atoms with Crippen molar-refractivity contribution in [1.29, 1.82) is 0 Å². The van der Waals surface area contributed by atoms with Crippen LogP contribution in [-0.4, -0.2) is 15.4 Å². The number of hydrogen-bond acceptors (Lipinski definition) is 1. The van der Waals surface area contributed by atoms with E-state index < -0.39 is 8.32 Å². The van der Waals surface area contributed by atoms with Crippen LogP contribution in [0.25, 0.3) is 0 Å². The maximum atomic E-state index is 6.06. The van der Waals surface area contributed by atoms with Gasteiger partial charge in [-0.05, 0) is 37.4 Å². The molecule has 0 aliphatic rings. The van der Waals surface area contributed by atoms with Crippen LogP contribution in [-0.2, 0) is 4.43 Å². The van der Waals surface area contributed by atoms with E-state index >= 15 is 0 Å². The molecule has 0 atom stereocenters. The summed E-state index contributed by atoms with van der Waals surface area (Å²) in [7, 11) is 0.377. The summed E-state index contributed by atoms with van der Waals surface area (Å²) in [5.74, 6) is 0. The van der Waals surface area contributed by atoms with Crippen LogP contribution in [0.1, 0.15) is 85.0 Å². The summed E-state index contributed by atoms with van der Waals surface area (Å²) < 4.78 is 6.06. The SMILES string of the molecule is CCCCCC(CCC)(CCCCC)[Si](C)(C)OC. The van der Waals surface area contributed by atoms with E-state index in [0.29, 0.717) is 5.04 Å². The van der Waals surface area contributed by atoms with Crippen molar-refractivity contribution in [2.75, 3.05) is 7.11 Å². The van der Waals surface area contributed by atoms with Crippen molar-refractivity contribution < 1.29 is 4.43 Å².